The van der Waals surface area contributed by atoms with Gasteiger partial charge in [-0.1, -0.05) is 44.4 Å². The Hall–Kier alpha value is -2.43. The average molecular weight is 445 g/mol. The van der Waals surface area contributed by atoms with E-state index >= 15 is 0 Å². The van der Waals surface area contributed by atoms with Gasteiger partial charge in [0.2, 0.25) is 11.6 Å². The fraction of sp³-hybridized carbons (Fsp3) is 0.481. The predicted octanol–water partition coefficient (Wildman–Crippen LogP) is 7.90. The molecule has 172 valence electrons. The molecule has 0 aromatic heterocycles. The van der Waals surface area contributed by atoms with Crippen LogP contribution in [0.15, 0.2) is 30.9 Å². The highest BCUT2D eigenvalue weighted by Gasteiger charge is 2.29. The second-order valence-corrected chi connectivity index (χ2v) is 9.11. The molecular weight excluding hydrogens is 413 g/mol. The molecule has 1 heterocycles. The van der Waals surface area contributed by atoms with Gasteiger partial charge in [0.15, 0.2) is 23.1 Å². The molecule has 0 unspecified atom stereocenters. The maximum absolute atomic E-state index is 14.8. The van der Waals surface area contributed by atoms with E-state index in [1.165, 1.54) is 12.5 Å². The fourth-order valence-corrected chi connectivity index (χ4v) is 4.89. The standard InChI is InChI=1S/C27H31F3O2/c1-3-5-7-17-8-10-18(11-9-17)16-31-22-15-21-14-20-13-12-19(6-4-2)23(28)26(20)32-27(21)25(30)24(22)29/h3,12-13,15,17-18H,1,4-11,14,16H2,2H3. The van der Waals surface area contributed by atoms with E-state index in [0.29, 0.717) is 35.6 Å². The topological polar surface area (TPSA) is 18.5 Å². The third-order valence-electron chi connectivity index (χ3n) is 6.79. The van der Waals surface area contributed by atoms with E-state index in [0.717, 1.165) is 44.4 Å². The number of allylic oxidation sites excluding steroid dienone is 1. The molecule has 5 heteroatoms. The maximum Gasteiger partial charge on any atom is 0.205 e. The minimum Gasteiger partial charge on any atom is -0.490 e. The lowest BCUT2D eigenvalue weighted by molar-refractivity contribution is 0.173. The first-order chi connectivity index (χ1) is 15.5. The molecular formula is C27H31F3O2. The Kier molecular flexibility index (Phi) is 7.12. The molecule has 1 fully saturated rings. The third kappa shape index (κ3) is 4.67. The molecule has 2 aromatic carbocycles. The van der Waals surface area contributed by atoms with Crippen LogP contribution in [0, 0.1) is 29.3 Å². The summed E-state index contributed by atoms with van der Waals surface area (Å²) in [5.74, 6) is -1.94. The smallest absolute Gasteiger partial charge is 0.205 e. The normalized spacial score (nSPS) is 19.6. The Balaban J connectivity index is 1.45. The number of rotatable bonds is 8. The van der Waals surface area contributed by atoms with E-state index < -0.39 is 17.5 Å². The number of fused-ring (bicyclic) bond motifs is 2. The van der Waals surface area contributed by atoms with Crippen LogP contribution >= 0.6 is 0 Å². The van der Waals surface area contributed by atoms with Crippen LogP contribution in [0.2, 0.25) is 0 Å². The summed E-state index contributed by atoms with van der Waals surface area (Å²) in [5, 5.41) is 0. The molecule has 0 N–H and O–H groups in total. The van der Waals surface area contributed by atoms with Crippen molar-refractivity contribution in [2.24, 2.45) is 11.8 Å². The van der Waals surface area contributed by atoms with Gasteiger partial charge in [-0.25, -0.2) is 4.39 Å². The van der Waals surface area contributed by atoms with E-state index in [1.807, 2.05) is 13.0 Å². The summed E-state index contributed by atoms with van der Waals surface area (Å²) < 4.78 is 55.7. The van der Waals surface area contributed by atoms with Gasteiger partial charge in [-0.3, -0.25) is 0 Å². The van der Waals surface area contributed by atoms with Crippen molar-refractivity contribution < 1.29 is 22.6 Å². The second-order valence-electron chi connectivity index (χ2n) is 9.11. The number of halogens is 3. The Labute approximate surface area is 188 Å². The van der Waals surface area contributed by atoms with Crippen LogP contribution in [0.25, 0.3) is 0 Å². The van der Waals surface area contributed by atoms with Gasteiger partial charge in [-0.05, 0) is 55.6 Å². The predicted molar refractivity (Wildman–Crippen MR) is 120 cm³/mol. The largest absolute Gasteiger partial charge is 0.490 e. The molecule has 2 aliphatic rings. The van der Waals surface area contributed by atoms with Crippen LogP contribution in [0.5, 0.6) is 17.2 Å². The lowest BCUT2D eigenvalue weighted by atomic mass is 9.80. The minimum atomic E-state index is -1.11. The molecule has 2 nitrogen and oxygen atoms in total. The summed E-state index contributed by atoms with van der Waals surface area (Å²) in [6.07, 6.45) is 10.1. The van der Waals surface area contributed by atoms with Gasteiger partial charge in [0.05, 0.1) is 6.61 Å². The molecule has 0 saturated heterocycles. The number of hydrogen-bond donors (Lipinski definition) is 0. The van der Waals surface area contributed by atoms with E-state index in [2.05, 4.69) is 6.58 Å². The van der Waals surface area contributed by atoms with Crippen molar-refractivity contribution in [2.75, 3.05) is 6.61 Å². The number of hydrogen-bond acceptors (Lipinski definition) is 2. The van der Waals surface area contributed by atoms with Crippen LogP contribution in [-0.4, -0.2) is 6.61 Å². The summed E-state index contributed by atoms with van der Waals surface area (Å²) in [6, 6.07) is 5.05. The zero-order chi connectivity index (χ0) is 22.7. The lowest BCUT2D eigenvalue weighted by Crippen LogP contribution is -2.20. The van der Waals surface area contributed by atoms with Gasteiger partial charge < -0.3 is 9.47 Å². The maximum atomic E-state index is 14.8. The number of aryl methyl sites for hydroxylation is 1. The highest BCUT2D eigenvalue weighted by atomic mass is 19.2. The van der Waals surface area contributed by atoms with Crippen molar-refractivity contribution >= 4 is 0 Å². The summed E-state index contributed by atoms with van der Waals surface area (Å²) in [6.45, 7) is 6.11. The molecule has 0 radical (unpaired) electrons. The van der Waals surface area contributed by atoms with Crippen molar-refractivity contribution in [2.45, 2.75) is 64.7 Å². The van der Waals surface area contributed by atoms with Crippen LogP contribution in [0.4, 0.5) is 13.2 Å². The van der Waals surface area contributed by atoms with Crippen molar-refractivity contribution in [3.63, 3.8) is 0 Å². The molecule has 0 amide bonds. The Morgan fingerprint density at radius 3 is 2.44 bits per heavy atom. The Morgan fingerprint density at radius 2 is 1.72 bits per heavy atom. The van der Waals surface area contributed by atoms with Crippen LogP contribution in [0.1, 0.15) is 68.6 Å². The zero-order valence-electron chi connectivity index (χ0n) is 18.7. The Bertz CT molecular complexity index is 978. The zero-order valence-corrected chi connectivity index (χ0v) is 18.7. The van der Waals surface area contributed by atoms with E-state index in [9.17, 15) is 13.2 Å². The highest BCUT2D eigenvalue weighted by Crippen LogP contribution is 2.44. The minimum absolute atomic E-state index is 0.00336. The quantitative estimate of drug-likeness (QED) is 0.329. The van der Waals surface area contributed by atoms with Crippen molar-refractivity contribution in [3.05, 3.63) is 65.0 Å². The summed E-state index contributed by atoms with van der Waals surface area (Å²) in [7, 11) is 0. The first-order valence-electron chi connectivity index (χ1n) is 11.7. The van der Waals surface area contributed by atoms with Gasteiger partial charge in [0.25, 0.3) is 0 Å². The van der Waals surface area contributed by atoms with Crippen molar-refractivity contribution in [1.82, 2.24) is 0 Å². The monoisotopic (exact) mass is 444 g/mol. The molecule has 4 rings (SSSR count). The summed E-state index contributed by atoms with van der Waals surface area (Å²) >= 11 is 0. The molecule has 0 spiro atoms. The van der Waals surface area contributed by atoms with E-state index in [-0.39, 0.29) is 23.7 Å². The molecule has 0 atom stereocenters. The van der Waals surface area contributed by atoms with Crippen LogP contribution in [0.3, 0.4) is 0 Å². The van der Waals surface area contributed by atoms with Gasteiger partial charge in [0, 0.05) is 17.5 Å². The third-order valence-corrected chi connectivity index (χ3v) is 6.79. The van der Waals surface area contributed by atoms with E-state index in [4.69, 9.17) is 9.47 Å². The molecule has 1 aliphatic heterocycles. The van der Waals surface area contributed by atoms with Crippen molar-refractivity contribution in [1.29, 1.82) is 0 Å². The van der Waals surface area contributed by atoms with Gasteiger partial charge in [-0.15, -0.1) is 6.58 Å². The van der Waals surface area contributed by atoms with E-state index in [1.54, 1.807) is 12.1 Å². The van der Waals surface area contributed by atoms with Crippen LogP contribution in [-0.2, 0) is 12.8 Å². The van der Waals surface area contributed by atoms with Gasteiger partial charge in [0.1, 0.15) is 0 Å². The summed E-state index contributed by atoms with van der Waals surface area (Å²) in [5.41, 5.74) is 1.63. The molecule has 2 aromatic rings. The number of ether oxygens (including phenoxy) is 2. The summed E-state index contributed by atoms with van der Waals surface area (Å²) in [4.78, 5) is 0. The average Bonchev–Trinajstić information content (AvgIpc) is 2.81. The molecule has 0 bridgehead atoms. The fourth-order valence-electron chi connectivity index (χ4n) is 4.89. The van der Waals surface area contributed by atoms with Crippen LogP contribution < -0.4 is 9.47 Å². The first kappa shape index (κ1) is 22.8. The highest BCUT2D eigenvalue weighted by molar-refractivity contribution is 5.54. The molecule has 1 saturated carbocycles. The first-order valence-corrected chi connectivity index (χ1v) is 11.7. The van der Waals surface area contributed by atoms with Gasteiger partial charge >= 0.3 is 0 Å². The molecule has 1 aliphatic carbocycles. The SMILES string of the molecule is C=CCCC1CCC(COc2cc3c(c(F)c2F)Oc2c(ccc(CCC)c2F)C3)CC1. The van der Waals surface area contributed by atoms with Gasteiger partial charge in [-0.2, -0.15) is 8.78 Å². The lowest BCUT2D eigenvalue weighted by Gasteiger charge is -2.28. The Morgan fingerprint density at radius 1 is 1.00 bits per heavy atom. The van der Waals surface area contributed by atoms with Crippen molar-refractivity contribution in [3.8, 4) is 17.2 Å². The second kappa shape index (κ2) is 10.0. The number of benzene rings is 2. The molecule has 32 heavy (non-hydrogen) atoms.